The van der Waals surface area contributed by atoms with E-state index in [9.17, 15) is 4.79 Å². The second kappa shape index (κ2) is 9.20. The molecule has 1 saturated heterocycles. The van der Waals surface area contributed by atoms with Crippen LogP contribution >= 0.6 is 0 Å². The lowest BCUT2D eigenvalue weighted by Crippen LogP contribution is -2.50. The predicted molar refractivity (Wildman–Crippen MR) is 131 cm³/mol. The normalized spacial score (nSPS) is 14.8. The van der Waals surface area contributed by atoms with Crippen LogP contribution in [-0.2, 0) is 11.2 Å². The van der Waals surface area contributed by atoms with Gasteiger partial charge in [0.05, 0.1) is 23.9 Å². The molecule has 5 rings (SSSR count). The standard InChI is InChI=1S/C28H30N4O/c1-21-10-9-15-32-25(22(2)29-28(21)32)20-26(33)30-16-18-31(19-17-30)27(23-11-5-3-6-12-23)24-13-7-4-8-14-24/h3-15,27H,16-20H2,1-2H3. The van der Waals surface area contributed by atoms with Gasteiger partial charge in [-0.25, -0.2) is 4.98 Å². The number of carbonyl (C=O) groups excluding carboxylic acids is 1. The highest BCUT2D eigenvalue weighted by Gasteiger charge is 2.28. The molecule has 0 bridgehead atoms. The molecule has 33 heavy (non-hydrogen) atoms. The predicted octanol–water partition coefficient (Wildman–Crippen LogP) is 4.43. The van der Waals surface area contributed by atoms with Crippen molar-refractivity contribution in [1.29, 1.82) is 0 Å². The molecule has 2 aromatic heterocycles. The number of carbonyl (C=O) groups is 1. The molecule has 4 aromatic rings. The van der Waals surface area contributed by atoms with E-state index in [1.54, 1.807) is 0 Å². The van der Waals surface area contributed by atoms with Crippen molar-refractivity contribution in [2.75, 3.05) is 26.2 Å². The molecule has 0 radical (unpaired) electrons. The molecular formula is C28H30N4O. The van der Waals surface area contributed by atoms with Gasteiger partial charge in [0, 0.05) is 32.4 Å². The summed E-state index contributed by atoms with van der Waals surface area (Å²) in [6, 6.07) is 25.6. The zero-order valence-electron chi connectivity index (χ0n) is 19.3. The van der Waals surface area contributed by atoms with Gasteiger partial charge in [-0.1, -0.05) is 66.7 Å². The maximum Gasteiger partial charge on any atom is 0.228 e. The van der Waals surface area contributed by atoms with E-state index in [4.69, 9.17) is 4.98 Å². The van der Waals surface area contributed by atoms with E-state index in [0.29, 0.717) is 6.42 Å². The number of pyridine rings is 1. The maximum atomic E-state index is 13.2. The van der Waals surface area contributed by atoms with Gasteiger partial charge in [-0.05, 0) is 36.6 Å². The third kappa shape index (κ3) is 4.29. The Morgan fingerprint density at radius 1 is 0.848 bits per heavy atom. The molecule has 0 unspecified atom stereocenters. The monoisotopic (exact) mass is 438 g/mol. The summed E-state index contributed by atoms with van der Waals surface area (Å²) >= 11 is 0. The van der Waals surface area contributed by atoms with E-state index in [2.05, 4.69) is 83.0 Å². The molecule has 0 aliphatic carbocycles. The number of imidazole rings is 1. The van der Waals surface area contributed by atoms with Gasteiger partial charge in [-0.15, -0.1) is 0 Å². The Morgan fingerprint density at radius 2 is 1.45 bits per heavy atom. The quantitative estimate of drug-likeness (QED) is 0.463. The van der Waals surface area contributed by atoms with Crippen LogP contribution in [0.25, 0.3) is 5.65 Å². The molecule has 0 N–H and O–H groups in total. The van der Waals surface area contributed by atoms with Crippen LogP contribution in [-0.4, -0.2) is 51.3 Å². The Hall–Kier alpha value is -3.44. The minimum Gasteiger partial charge on any atom is -0.340 e. The molecular weight excluding hydrogens is 408 g/mol. The van der Waals surface area contributed by atoms with E-state index in [0.717, 1.165) is 48.8 Å². The Balaban J connectivity index is 1.31. The van der Waals surface area contributed by atoms with Crippen LogP contribution in [0.5, 0.6) is 0 Å². The van der Waals surface area contributed by atoms with Gasteiger partial charge in [-0.3, -0.25) is 9.69 Å². The van der Waals surface area contributed by atoms with Crippen molar-refractivity contribution in [2.24, 2.45) is 0 Å². The summed E-state index contributed by atoms with van der Waals surface area (Å²) in [6.45, 7) is 7.24. The van der Waals surface area contributed by atoms with Crippen molar-refractivity contribution < 1.29 is 4.79 Å². The summed E-state index contributed by atoms with van der Waals surface area (Å²) in [7, 11) is 0. The summed E-state index contributed by atoms with van der Waals surface area (Å²) in [5, 5.41) is 0. The summed E-state index contributed by atoms with van der Waals surface area (Å²) in [4.78, 5) is 22.4. The molecule has 5 heteroatoms. The number of rotatable bonds is 5. The molecule has 1 fully saturated rings. The molecule has 0 spiro atoms. The number of aromatic nitrogens is 2. The lowest BCUT2D eigenvalue weighted by atomic mass is 9.96. The fraction of sp³-hybridized carbons (Fsp3) is 0.286. The summed E-state index contributed by atoms with van der Waals surface area (Å²) in [5.41, 5.74) is 6.58. The van der Waals surface area contributed by atoms with Crippen molar-refractivity contribution in [2.45, 2.75) is 26.3 Å². The maximum absolute atomic E-state index is 13.2. The number of piperazine rings is 1. The molecule has 2 aromatic carbocycles. The van der Waals surface area contributed by atoms with Crippen molar-refractivity contribution in [3.8, 4) is 0 Å². The molecule has 3 heterocycles. The number of hydrogen-bond acceptors (Lipinski definition) is 3. The molecule has 1 aliphatic rings. The first-order valence-electron chi connectivity index (χ1n) is 11.7. The molecule has 0 atom stereocenters. The van der Waals surface area contributed by atoms with Gasteiger partial charge >= 0.3 is 0 Å². The van der Waals surface area contributed by atoms with Crippen LogP contribution in [0, 0.1) is 13.8 Å². The van der Waals surface area contributed by atoms with Gasteiger partial charge in [0.2, 0.25) is 5.91 Å². The summed E-state index contributed by atoms with van der Waals surface area (Å²) < 4.78 is 2.07. The lowest BCUT2D eigenvalue weighted by molar-refractivity contribution is -0.132. The van der Waals surface area contributed by atoms with E-state index in [1.807, 2.05) is 24.1 Å². The number of nitrogens with zero attached hydrogens (tertiary/aromatic N) is 4. The van der Waals surface area contributed by atoms with Crippen LogP contribution in [0.3, 0.4) is 0 Å². The average Bonchev–Trinajstić information content (AvgIpc) is 3.17. The van der Waals surface area contributed by atoms with Crippen molar-refractivity contribution in [3.05, 3.63) is 107 Å². The number of fused-ring (bicyclic) bond motifs is 1. The van der Waals surface area contributed by atoms with E-state index >= 15 is 0 Å². The van der Waals surface area contributed by atoms with Crippen LogP contribution in [0.4, 0.5) is 0 Å². The van der Waals surface area contributed by atoms with E-state index in [-0.39, 0.29) is 11.9 Å². The minimum absolute atomic E-state index is 0.178. The number of hydrogen-bond donors (Lipinski definition) is 0. The van der Waals surface area contributed by atoms with Crippen molar-refractivity contribution in [3.63, 3.8) is 0 Å². The Bertz CT molecular complexity index is 1200. The van der Waals surface area contributed by atoms with Crippen LogP contribution in [0.1, 0.15) is 34.1 Å². The molecule has 1 aliphatic heterocycles. The highest BCUT2D eigenvalue weighted by atomic mass is 16.2. The number of aryl methyl sites for hydroxylation is 2. The van der Waals surface area contributed by atoms with E-state index in [1.165, 1.54) is 11.1 Å². The highest BCUT2D eigenvalue weighted by molar-refractivity contribution is 5.79. The molecule has 168 valence electrons. The Kier molecular flexibility index (Phi) is 5.97. The average molecular weight is 439 g/mol. The van der Waals surface area contributed by atoms with Crippen LogP contribution in [0.15, 0.2) is 79.0 Å². The van der Waals surface area contributed by atoms with Crippen LogP contribution in [0.2, 0.25) is 0 Å². The van der Waals surface area contributed by atoms with Gasteiger partial charge in [0.1, 0.15) is 5.65 Å². The third-order valence-corrected chi connectivity index (χ3v) is 6.73. The van der Waals surface area contributed by atoms with Gasteiger partial charge in [-0.2, -0.15) is 0 Å². The fourth-order valence-electron chi connectivity index (χ4n) is 4.95. The second-order valence-corrected chi connectivity index (χ2v) is 8.85. The Morgan fingerprint density at radius 3 is 2.06 bits per heavy atom. The number of amides is 1. The fourth-order valence-corrected chi connectivity index (χ4v) is 4.95. The largest absolute Gasteiger partial charge is 0.340 e. The molecule has 0 saturated carbocycles. The summed E-state index contributed by atoms with van der Waals surface area (Å²) in [6.07, 6.45) is 2.39. The Labute approximate surface area is 195 Å². The number of benzene rings is 2. The first-order chi connectivity index (χ1) is 16.1. The first kappa shape index (κ1) is 21.4. The highest BCUT2D eigenvalue weighted by Crippen LogP contribution is 2.29. The lowest BCUT2D eigenvalue weighted by Gasteiger charge is -2.39. The third-order valence-electron chi connectivity index (χ3n) is 6.73. The first-order valence-corrected chi connectivity index (χ1v) is 11.7. The summed E-state index contributed by atoms with van der Waals surface area (Å²) in [5.74, 6) is 0.178. The SMILES string of the molecule is Cc1nc2c(C)cccn2c1CC(=O)N1CCN(C(c2ccccc2)c2ccccc2)CC1. The van der Waals surface area contributed by atoms with Crippen molar-refractivity contribution in [1.82, 2.24) is 19.2 Å². The minimum atomic E-state index is 0.178. The van der Waals surface area contributed by atoms with Gasteiger partial charge in [0.15, 0.2) is 0 Å². The van der Waals surface area contributed by atoms with Gasteiger partial charge in [0.25, 0.3) is 0 Å². The smallest absolute Gasteiger partial charge is 0.228 e. The molecule has 5 nitrogen and oxygen atoms in total. The molecule has 1 amide bonds. The van der Waals surface area contributed by atoms with Crippen LogP contribution < -0.4 is 0 Å². The van der Waals surface area contributed by atoms with Gasteiger partial charge < -0.3 is 9.30 Å². The topological polar surface area (TPSA) is 40.9 Å². The zero-order chi connectivity index (χ0) is 22.8. The van der Waals surface area contributed by atoms with E-state index < -0.39 is 0 Å². The zero-order valence-corrected chi connectivity index (χ0v) is 19.3. The second-order valence-electron chi connectivity index (χ2n) is 8.85. The van der Waals surface area contributed by atoms with Crippen molar-refractivity contribution >= 4 is 11.6 Å².